The van der Waals surface area contributed by atoms with Gasteiger partial charge in [-0.1, -0.05) is 12.2 Å². The number of ether oxygens (including phenoxy) is 1. The smallest absolute Gasteiger partial charge is 0.410 e. The highest BCUT2D eigenvalue weighted by molar-refractivity contribution is 5.69. The summed E-state index contributed by atoms with van der Waals surface area (Å²) in [5.74, 6) is -3.97. The van der Waals surface area contributed by atoms with Crippen molar-refractivity contribution in [2.75, 3.05) is 31.1 Å². The zero-order chi connectivity index (χ0) is 23.0. The van der Waals surface area contributed by atoms with Crippen LogP contribution in [-0.4, -0.2) is 53.6 Å². The Kier molecular flexibility index (Phi) is 6.02. The topological polar surface area (TPSA) is 75.9 Å². The molecule has 10 heteroatoms. The third-order valence-electron chi connectivity index (χ3n) is 4.99. The molecule has 168 valence electrons. The quantitative estimate of drug-likeness (QED) is 0.505. The fourth-order valence-corrected chi connectivity index (χ4v) is 3.57. The summed E-state index contributed by atoms with van der Waals surface area (Å²) >= 11 is 0. The predicted octanol–water partition coefficient (Wildman–Crippen LogP) is 4.68. The first-order chi connectivity index (χ1) is 14.4. The molecule has 0 aromatic heterocycles. The van der Waals surface area contributed by atoms with Crippen LogP contribution in [0, 0.1) is 15.9 Å². The Hall–Kier alpha value is -3.04. The Morgan fingerprint density at radius 1 is 1.23 bits per heavy atom. The molecule has 7 nitrogen and oxygen atoms in total. The number of hydrogen-bond donors (Lipinski definition) is 0. The van der Waals surface area contributed by atoms with E-state index >= 15 is 0 Å². The molecular formula is C21H24F3N3O4. The van der Waals surface area contributed by atoms with Crippen LogP contribution in [0.4, 0.5) is 29.3 Å². The molecule has 3 rings (SSSR count). The van der Waals surface area contributed by atoms with Gasteiger partial charge >= 0.3 is 6.09 Å². The van der Waals surface area contributed by atoms with E-state index in [1.807, 2.05) is 0 Å². The Labute approximate surface area is 177 Å². The van der Waals surface area contributed by atoms with Gasteiger partial charge < -0.3 is 9.64 Å². The van der Waals surface area contributed by atoms with Crippen molar-refractivity contribution in [2.45, 2.75) is 38.7 Å². The van der Waals surface area contributed by atoms with Crippen LogP contribution in [0.1, 0.15) is 27.2 Å². The van der Waals surface area contributed by atoms with E-state index in [1.54, 1.807) is 31.7 Å². The molecule has 2 heterocycles. The highest BCUT2D eigenvalue weighted by Gasteiger charge is 2.43. The van der Waals surface area contributed by atoms with Gasteiger partial charge in [0.2, 0.25) is 0 Å². The molecule has 0 spiro atoms. The molecule has 0 aliphatic carbocycles. The molecule has 0 fully saturated rings. The number of benzene rings is 1. The lowest BCUT2D eigenvalue weighted by Gasteiger charge is -2.36. The number of rotatable bonds is 3. The number of non-ortho nitro benzene ring substituents is 1. The number of alkyl halides is 2. The van der Waals surface area contributed by atoms with E-state index in [9.17, 15) is 28.1 Å². The maximum Gasteiger partial charge on any atom is 0.410 e. The number of carbonyl (C=O) groups excluding carboxylic acids is 1. The SMILES string of the molecule is CC(C)(C)OC(=O)N1CC=C(C2=CCN(c3ccc([N+](=O)[O-])cc3F)CC2)C(F)(F)C1. The number of nitro benzene ring substituents is 1. The van der Waals surface area contributed by atoms with Crippen LogP contribution in [0.5, 0.6) is 0 Å². The third kappa shape index (κ3) is 5.18. The summed E-state index contributed by atoms with van der Waals surface area (Å²) in [4.78, 5) is 24.8. The molecule has 0 saturated heterocycles. The molecule has 0 atom stereocenters. The van der Waals surface area contributed by atoms with Gasteiger partial charge in [-0.05, 0) is 38.8 Å². The van der Waals surface area contributed by atoms with E-state index in [1.165, 1.54) is 18.2 Å². The highest BCUT2D eigenvalue weighted by Crippen LogP contribution is 2.37. The second-order valence-electron chi connectivity index (χ2n) is 8.50. The van der Waals surface area contributed by atoms with Crippen molar-refractivity contribution >= 4 is 17.5 Å². The summed E-state index contributed by atoms with van der Waals surface area (Å²) in [5.41, 5.74) is -0.625. The van der Waals surface area contributed by atoms with E-state index in [0.717, 1.165) is 11.0 Å². The number of anilines is 1. The van der Waals surface area contributed by atoms with Gasteiger partial charge in [-0.25, -0.2) is 9.18 Å². The summed E-state index contributed by atoms with van der Waals surface area (Å²) in [6.07, 6.45) is 2.40. The van der Waals surface area contributed by atoms with Crippen LogP contribution in [-0.2, 0) is 4.74 Å². The van der Waals surface area contributed by atoms with Crippen molar-refractivity contribution in [2.24, 2.45) is 0 Å². The monoisotopic (exact) mass is 439 g/mol. The average molecular weight is 439 g/mol. The van der Waals surface area contributed by atoms with Gasteiger partial charge in [0.05, 0.1) is 23.2 Å². The standard InChI is InChI=1S/C21H24F3N3O4/c1-20(2,3)31-19(28)26-11-8-16(21(23,24)13-26)14-6-9-25(10-7-14)18-5-4-15(27(29)30)12-17(18)22/h4-6,8,12H,7,9-11,13H2,1-3H3. The minimum Gasteiger partial charge on any atom is -0.444 e. The zero-order valence-electron chi connectivity index (χ0n) is 17.5. The van der Waals surface area contributed by atoms with Gasteiger partial charge in [0.1, 0.15) is 5.60 Å². The molecule has 0 saturated carbocycles. The second kappa shape index (κ2) is 8.24. The largest absolute Gasteiger partial charge is 0.444 e. The summed E-state index contributed by atoms with van der Waals surface area (Å²) in [7, 11) is 0. The number of nitrogens with zero attached hydrogens (tertiary/aromatic N) is 3. The number of hydrogen-bond acceptors (Lipinski definition) is 5. The molecule has 1 amide bonds. The Morgan fingerprint density at radius 3 is 2.45 bits per heavy atom. The lowest BCUT2D eigenvalue weighted by Crippen LogP contribution is -2.48. The van der Waals surface area contributed by atoms with Gasteiger partial charge in [0.25, 0.3) is 11.6 Å². The zero-order valence-corrected chi connectivity index (χ0v) is 17.5. The predicted molar refractivity (Wildman–Crippen MR) is 109 cm³/mol. The van der Waals surface area contributed by atoms with Crippen molar-refractivity contribution in [3.8, 4) is 0 Å². The summed E-state index contributed by atoms with van der Waals surface area (Å²) < 4.78 is 49.0. The first kappa shape index (κ1) is 22.6. The Bertz CT molecular complexity index is 954. The minimum absolute atomic E-state index is 0.0118. The van der Waals surface area contributed by atoms with Gasteiger partial charge in [-0.3, -0.25) is 15.0 Å². The number of carbonyl (C=O) groups is 1. The Balaban J connectivity index is 1.72. The normalized spacial score (nSPS) is 18.9. The van der Waals surface area contributed by atoms with E-state index in [4.69, 9.17) is 4.74 Å². The van der Waals surface area contributed by atoms with Crippen molar-refractivity contribution in [3.63, 3.8) is 0 Å². The summed E-state index contributed by atoms with van der Waals surface area (Å²) in [6.45, 7) is 4.71. The molecule has 0 N–H and O–H groups in total. The lowest BCUT2D eigenvalue weighted by atomic mass is 9.91. The van der Waals surface area contributed by atoms with Gasteiger partial charge in [0, 0.05) is 31.3 Å². The number of amides is 1. The first-order valence-corrected chi connectivity index (χ1v) is 9.82. The van der Waals surface area contributed by atoms with Crippen LogP contribution >= 0.6 is 0 Å². The average Bonchev–Trinajstić information content (AvgIpc) is 2.66. The van der Waals surface area contributed by atoms with Crippen molar-refractivity contribution in [3.05, 3.63) is 57.4 Å². The molecule has 31 heavy (non-hydrogen) atoms. The van der Waals surface area contributed by atoms with Gasteiger partial charge in [0.15, 0.2) is 5.82 Å². The van der Waals surface area contributed by atoms with Crippen LogP contribution in [0.15, 0.2) is 41.5 Å². The highest BCUT2D eigenvalue weighted by atomic mass is 19.3. The summed E-state index contributed by atoms with van der Waals surface area (Å²) in [5, 5.41) is 10.8. The molecule has 1 aromatic rings. The molecular weight excluding hydrogens is 415 g/mol. The van der Waals surface area contributed by atoms with Gasteiger partial charge in [-0.15, -0.1) is 0 Å². The molecule has 1 aromatic carbocycles. The van der Waals surface area contributed by atoms with E-state index in [-0.39, 0.29) is 43.0 Å². The molecule has 0 radical (unpaired) electrons. The lowest BCUT2D eigenvalue weighted by molar-refractivity contribution is -0.385. The van der Waals surface area contributed by atoms with E-state index in [2.05, 4.69) is 0 Å². The van der Waals surface area contributed by atoms with E-state index < -0.39 is 34.9 Å². The number of halogens is 3. The fourth-order valence-electron chi connectivity index (χ4n) is 3.57. The summed E-state index contributed by atoms with van der Waals surface area (Å²) in [6, 6.07) is 3.37. The molecule has 2 aliphatic rings. The van der Waals surface area contributed by atoms with Crippen molar-refractivity contribution in [1.82, 2.24) is 4.90 Å². The van der Waals surface area contributed by atoms with Crippen LogP contribution in [0.25, 0.3) is 0 Å². The van der Waals surface area contributed by atoms with Crippen LogP contribution in [0.3, 0.4) is 0 Å². The van der Waals surface area contributed by atoms with Crippen molar-refractivity contribution in [1.29, 1.82) is 0 Å². The fraction of sp³-hybridized carbons (Fsp3) is 0.476. The maximum absolute atomic E-state index is 14.8. The minimum atomic E-state index is -3.23. The maximum atomic E-state index is 14.8. The molecule has 0 bridgehead atoms. The molecule has 2 aliphatic heterocycles. The second-order valence-corrected chi connectivity index (χ2v) is 8.50. The number of nitro groups is 1. The first-order valence-electron chi connectivity index (χ1n) is 9.82. The Morgan fingerprint density at radius 2 is 1.94 bits per heavy atom. The van der Waals surface area contributed by atoms with Crippen LogP contribution < -0.4 is 4.90 Å². The van der Waals surface area contributed by atoms with Crippen molar-refractivity contribution < 1.29 is 27.6 Å². The van der Waals surface area contributed by atoms with Crippen LogP contribution in [0.2, 0.25) is 0 Å². The van der Waals surface area contributed by atoms with E-state index in [0.29, 0.717) is 5.57 Å². The molecule has 0 unspecified atom stereocenters. The third-order valence-corrected chi connectivity index (χ3v) is 4.99. The van der Waals surface area contributed by atoms with Gasteiger partial charge in [-0.2, -0.15) is 8.78 Å².